The van der Waals surface area contributed by atoms with Gasteiger partial charge in [-0.15, -0.1) is 0 Å². The van der Waals surface area contributed by atoms with Gasteiger partial charge in [-0.1, -0.05) is 6.92 Å². The Bertz CT molecular complexity index is 380. The van der Waals surface area contributed by atoms with E-state index < -0.39 is 0 Å². The van der Waals surface area contributed by atoms with Crippen molar-refractivity contribution in [2.24, 2.45) is 5.41 Å². The molecule has 1 aliphatic rings. The maximum atomic E-state index is 5.53. The highest BCUT2D eigenvalue weighted by molar-refractivity contribution is 5.05. The third-order valence-corrected chi connectivity index (χ3v) is 4.05. The molecule has 1 aromatic rings. The molecule has 0 saturated carbocycles. The predicted octanol–water partition coefficient (Wildman–Crippen LogP) is 2.41. The standard InChI is InChI=1S/C15H27N3O/c1-4-16-12-15(6-9-19-10-7-15)11-14-5-8-18(17-14)13(2)3/h5,8,13,16H,4,6-7,9-12H2,1-3H3. The maximum absolute atomic E-state index is 5.53. The van der Waals surface area contributed by atoms with Crippen LogP contribution in [-0.2, 0) is 11.2 Å². The van der Waals surface area contributed by atoms with Crippen LogP contribution in [0.3, 0.4) is 0 Å². The van der Waals surface area contributed by atoms with Crippen LogP contribution in [-0.4, -0.2) is 36.1 Å². The molecule has 108 valence electrons. The van der Waals surface area contributed by atoms with Gasteiger partial charge in [0.25, 0.3) is 0 Å². The predicted molar refractivity (Wildman–Crippen MR) is 77.3 cm³/mol. The summed E-state index contributed by atoms with van der Waals surface area (Å²) in [6.07, 6.45) is 5.42. The van der Waals surface area contributed by atoms with Crippen molar-refractivity contribution in [1.82, 2.24) is 15.1 Å². The van der Waals surface area contributed by atoms with E-state index in [-0.39, 0.29) is 0 Å². The second-order valence-corrected chi connectivity index (χ2v) is 5.95. The van der Waals surface area contributed by atoms with E-state index in [0.717, 1.165) is 45.6 Å². The van der Waals surface area contributed by atoms with Crippen molar-refractivity contribution < 1.29 is 4.74 Å². The number of hydrogen-bond acceptors (Lipinski definition) is 3. The van der Waals surface area contributed by atoms with Gasteiger partial charge in [0.15, 0.2) is 0 Å². The molecular formula is C15H27N3O. The minimum absolute atomic E-state index is 0.324. The van der Waals surface area contributed by atoms with Gasteiger partial charge in [-0.05, 0) is 51.1 Å². The van der Waals surface area contributed by atoms with E-state index in [9.17, 15) is 0 Å². The molecule has 0 bridgehead atoms. The first-order valence-corrected chi connectivity index (χ1v) is 7.48. The fourth-order valence-electron chi connectivity index (χ4n) is 2.75. The fourth-order valence-corrected chi connectivity index (χ4v) is 2.75. The highest BCUT2D eigenvalue weighted by atomic mass is 16.5. The van der Waals surface area contributed by atoms with Gasteiger partial charge >= 0.3 is 0 Å². The summed E-state index contributed by atoms with van der Waals surface area (Å²) >= 11 is 0. The molecule has 0 spiro atoms. The van der Waals surface area contributed by atoms with Crippen LogP contribution in [0.4, 0.5) is 0 Å². The summed E-state index contributed by atoms with van der Waals surface area (Å²) in [6.45, 7) is 10.4. The molecule has 0 radical (unpaired) electrons. The fraction of sp³-hybridized carbons (Fsp3) is 0.800. The molecule has 4 nitrogen and oxygen atoms in total. The molecule has 0 aromatic carbocycles. The summed E-state index contributed by atoms with van der Waals surface area (Å²) in [5, 5.41) is 8.22. The lowest BCUT2D eigenvalue weighted by Crippen LogP contribution is -2.41. The number of nitrogens with zero attached hydrogens (tertiary/aromatic N) is 2. The van der Waals surface area contributed by atoms with Crippen LogP contribution >= 0.6 is 0 Å². The Morgan fingerprint density at radius 1 is 1.42 bits per heavy atom. The van der Waals surface area contributed by atoms with Crippen LogP contribution in [0.15, 0.2) is 12.3 Å². The average Bonchev–Trinajstić information content (AvgIpc) is 2.86. The van der Waals surface area contributed by atoms with E-state index in [1.165, 1.54) is 5.69 Å². The van der Waals surface area contributed by atoms with Crippen molar-refractivity contribution in [3.05, 3.63) is 18.0 Å². The maximum Gasteiger partial charge on any atom is 0.0630 e. The second-order valence-electron chi connectivity index (χ2n) is 5.95. The average molecular weight is 265 g/mol. The first-order chi connectivity index (χ1) is 9.15. The van der Waals surface area contributed by atoms with Gasteiger partial charge in [-0.3, -0.25) is 4.68 Å². The molecule has 19 heavy (non-hydrogen) atoms. The largest absolute Gasteiger partial charge is 0.381 e. The lowest BCUT2D eigenvalue weighted by molar-refractivity contribution is 0.0146. The van der Waals surface area contributed by atoms with E-state index in [1.807, 2.05) is 0 Å². The Balaban J connectivity index is 2.05. The minimum atomic E-state index is 0.324. The first-order valence-electron chi connectivity index (χ1n) is 7.48. The summed E-state index contributed by atoms with van der Waals surface area (Å²) in [6, 6.07) is 2.61. The van der Waals surface area contributed by atoms with Gasteiger partial charge in [-0.25, -0.2) is 0 Å². The van der Waals surface area contributed by atoms with Crippen LogP contribution in [0, 0.1) is 5.41 Å². The number of hydrogen-bond donors (Lipinski definition) is 1. The molecule has 0 unspecified atom stereocenters. The Labute approximate surface area is 116 Å². The summed E-state index contributed by atoms with van der Waals surface area (Å²) < 4.78 is 7.58. The van der Waals surface area contributed by atoms with E-state index >= 15 is 0 Å². The molecule has 1 aromatic heterocycles. The van der Waals surface area contributed by atoms with E-state index in [0.29, 0.717) is 11.5 Å². The number of rotatable bonds is 6. The third-order valence-electron chi connectivity index (χ3n) is 4.05. The number of aromatic nitrogens is 2. The Hall–Kier alpha value is -0.870. The third kappa shape index (κ3) is 3.80. The molecule has 1 saturated heterocycles. The Morgan fingerprint density at radius 2 is 2.16 bits per heavy atom. The van der Waals surface area contributed by atoms with Crippen LogP contribution in [0.2, 0.25) is 0 Å². The van der Waals surface area contributed by atoms with Gasteiger partial charge in [0.05, 0.1) is 5.69 Å². The molecule has 0 atom stereocenters. The smallest absolute Gasteiger partial charge is 0.0630 e. The van der Waals surface area contributed by atoms with Gasteiger partial charge in [0.1, 0.15) is 0 Å². The zero-order chi connectivity index (χ0) is 13.7. The summed E-state index contributed by atoms with van der Waals surface area (Å²) in [5.41, 5.74) is 1.54. The van der Waals surface area contributed by atoms with Crippen molar-refractivity contribution in [1.29, 1.82) is 0 Å². The van der Waals surface area contributed by atoms with Crippen molar-refractivity contribution in [2.45, 2.75) is 46.1 Å². The van der Waals surface area contributed by atoms with Gasteiger partial charge in [-0.2, -0.15) is 5.10 Å². The van der Waals surface area contributed by atoms with Crippen molar-refractivity contribution >= 4 is 0 Å². The monoisotopic (exact) mass is 265 g/mol. The Morgan fingerprint density at radius 3 is 2.74 bits per heavy atom. The first kappa shape index (κ1) is 14.5. The zero-order valence-electron chi connectivity index (χ0n) is 12.5. The molecule has 2 heterocycles. The number of nitrogens with one attached hydrogen (secondary N) is 1. The van der Waals surface area contributed by atoms with Crippen LogP contribution in [0.5, 0.6) is 0 Å². The topological polar surface area (TPSA) is 39.1 Å². The minimum Gasteiger partial charge on any atom is -0.381 e. The van der Waals surface area contributed by atoms with Crippen molar-refractivity contribution in [3.63, 3.8) is 0 Å². The van der Waals surface area contributed by atoms with Gasteiger partial charge in [0.2, 0.25) is 0 Å². The van der Waals surface area contributed by atoms with Crippen LogP contribution < -0.4 is 5.32 Å². The quantitative estimate of drug-likeness (QED) is 0.858. The lowest BCUT2D eigenvalue weighted by atomic mass is 9.76. The SMILES string of the molecule is CCNCC1(Cc2ccn(C(C)C)n2)CCOCC1. The normalized spacial score (nSPS) is 18.9. The highest BCUT2D eigenvalue weighted by Crippen LogP contribution is 2.33. The molecule has 0 amide bonds. The Kier molecular flexibility index (Phi) is 4.99. The molecule has 4 heteroatoms. The lowest BCUT2D eigenvalue weighted by Gasteiger charge is -2.37. The van der Waals surface area contributed by atoms with E-state index in [2.05, 4.69) is 43.0 Å². The highest BCUT2D eigenvalue weighted by Gasteiger charge is 2.33. The summed E-state index contributed by atoms with van der Waals surface area (Å²) in [5.74, 6) is 0. The van der Waals surface area contributed by atoms with E-state index in [1.54, 1.807) is 0 Å². The van der Waals surface area contributed by atoms with Crippen molar-refractivity contribution in [3.8, 4) is 0 Å². The van der Waals surface area contributed by atoms with Gasteiger partial charge in [0, 0.05) is 32.0 Å². The number of ether oxygens (including phenoxy) is 1. The molecular weight excluding hydrogens is 238 g/mol. The van der Waals surface area contributed by atoms with Crippen LogP contribution in [0.1, 0.15) is 45.3 Å². The summed E-state index contributed by atoms with van der Waals surface area (Å²) in [4.78, 5) is 0. The summed E-state index contributed by atoms with van der Waals surface area (Å²) in [7, 11) is 0. The molecule has 1 N–H and O–H groups in total. The molecule has 2 rings (SSSR count). The van der Waals surface area contributed by atoms with Crippen molar-refractivity contribution in [2.75, 3.05) is 26.3 Å². The zero-order valence-corrected chi connectivity index (χ0v) is 12.5. The molecule has 0 aliphatic carbocycles. The molecule has 1 aliphatic heterocycles. The second kappa shape index (κ2) is 6.53. The molecule has 1 fully saturated rings. The van der Waals surface area contributed by atoms with Gasteiger partial charge < -0.3 is 10.1 Å². The van der Waals surface area contributed by atoms with Crippen LogP contribution in [0.25, 0.3) is 0 Å². The van der Waals surface area contributed by atoms with E-state index in [4.69, 9.17) is 9.84 Å².